The average molecular weight is 178 g/mol. The zero-order valence-electron chi connectivity index (χ0n) is 7.44. The van der Waals surface area contributed by atoms with Crippen molar-refractivity contribution in [1.29, 1.82) is 0 Å². The van der Waals surface area contributed by atoms with Gasteiger partial charge < -0.3 is 4.90 Å². The summed E-state index contributed by atoms with van der Waals surface area (Å²) in [6.45, 7) is 0.738. The van der Waals surface area contributed by atoms with Crippen LogP contribution in [0.5, 0.6) is 0 Å². The van der Waals surface area contributed by atoms with Gasteiger partial charge >= 0.3 is 8.69 Å². The fourth-order valence-corrected chi connectivity index (χ4v) is 1.01. The van der Waals surface area contributed by atoms with Crippen LogP contribution in [0.4, 0.5) is 0 Å². The van der Waals surface area contributed by atoms with Crippen LogP contribution >= 0.6 is 8.69 Å². The van der Waals surface area contributed by atoms with Crippen molar-refractivity contribution in [2.45, 2.75) is 6.23 Å². The molecule has 0 heterocycles. The summed E-state index contributed by atoms with van der Waals surface area (Å²) in [4.78, 5) is 3.86. The Morgan fingerprint density at radius 3 is 2.18 bits per heavy atom. The molecule has 66 valence electrons. The minimum Gasteiger partial charge on any atom is -0.305 e. The molecule has 0 aromatic heterocycles. The number of hydrogen-bond acceptors (Lipinski definition) is 4. The molecular formula is C6H15N2O2P. The van der Waals surface area contributed by atoms with E-state index in [0.29, 0.717) is 0 Å². The Hall–Kier alpha value is -0.0200. The second-order valence-corrected chi connectivity index (χ2v) is 3.22. The highest BCUT2D eigenvalue weighted by molar-refractivity contribution is 7.17. The maximum atomic E-state index is 10.1. The Kier molecular flexibility index (Phi) is 5.60. The predicted molar refractivity (Wildman–Crippen MR) is 44.7 cm³/mol. The fourth-order valence-electron chi connectivity index (χ4n) is 0.653. The van der Waals surface area contributed by atoms with Crippen LogP contribution < -0.4 is 0 Å². The first-order chi connectivity index (χ1) is 5.07. The second kappa shape index (κ2) is 5.61. The first-order valence-corrected chi connectivity index (χ1v) is 4.10. The summed E-state index contributed by atoms with van der Waals surface area (Å²) >= 11 is 0. The Balaban J connectivity index is 3.78. The van der Waals surface area contributed by atoms with Crippen molar-refractivity contribution in [3.05, 3.63) is 0 Å². The summed E-state index contributed by atoms with van der Waals surface area (Å²) in [5.41, 5.74) is 0. The van der Waals surface area contributed by atoms with Crippen LogP contribution in [0.2, 0.25) is 0 Å². The molecule has 0 saturated heterocycles. The summed E-state index contributed by atoms with van der Waals surface area (Å²) < 4.78 is 15.0. The van der Waals surface area contributed by atoms with Crippen molar-refractivity contribution in [3.8, 4) is 0 Å². The van der Waals surface area contributed by atoms with E-state index in [1.807, 2.05) is 38.0 Å². The number of nitrogens with zero attached hydrogens (tertiary/aromatic N) is 2. The monoisotopic (exact) mass is 178 g/mol. The van der Waals surface area contributed by atoms with E-state index in [1.165, 1.54) is 0 Å². The third kappa shape index (κ3) is 5.27. The van der Waals surface area contributed by atoms with Gasteiger partial charge in [-0.1, -0.05) is 0 Å². The van der Waals surface area contributed by atoms with Crippen LogP contribution in [0.3, 0.4) is 0 Å². The molecule has 4 nitrogen and oxygen atoms in total. The van der Waals surface area contributed by atoms with Crippen LogP contribution in [0.1, 0.15) is 0 Å². The summed E-state index contributed by atoms with van der Waals surface area (Å²) in [6.07, 6.45) is -0.107. The van der Waals surface area contributed by atoms with Crippen molar-refractivity contribution in [1.82, 2.24) is 9.80 Å². The Morgan fingerprint density at radius 1 is 1.36 bits per heavy atom. The van der Waals surface area contributed by atoms with Crippen LogP contribution in [-0.4, -0.2) is 50.8 Å². The molecule has 0 bridgehead atoms. The molecule has 1 unspecified atom stereocenters. The van der Waals surface area contributed by atoms with E-state index in [2.05, 4.69) is 0 Å². The van der Waals surface area contributed by atoms with Gasteiger partial charge in [0.2, 0.25) is 0 Å². The normalized spacial score (nSPS) is 14.7. The Labute approximate surface area is 69.4 Å². The molecule has 0 aromatic carbocycles. The van der Waals surface area contributed by atoms with E-state index >= 15 is 0 Å². The summed E-state index contributed by atoms with van der Waals surface area (Å²) in [6, 6.07) is 0. The molecule has 0 N–H and O–H groups in total. The van der Waals surface area contributed by atoms with Gasteiger partial charge in [-0.15, -0.1) is 0 Å². The van der Waals surface area contributed by atoms with Gasteiger partial charge in [-0.3, -0.25) is 9.42 Å². The van der Waals surface area contributed by atoms with Gasteiger partial charge in [0.15, 0.2) is 0 Å². The third-order valence-corrected chi connectivity index (χ3v) is 1.59. The quantitative estimate of drug-likeness (QED) is 0.457. The van der Waals surface area contributed by atoms with E-state index in [9.17, 15) is 4.57 Å². The molecule has 5 heteroatoms. The minimum atomic E-state index is -0.263. The molecule has 0 fully saturated rings. The van der Waals surface area contributed by atoms with E-state index in [1.54, 1.807) is 0 Å². The smallest absolute Gasteiger partial charge is 0.305 e. The van der Waals surface area contributed by atoms with Crippen molar-refractivity contribution in [2.24, 2.45) is 0 Å². The molecule has 0 saturated carbocycles. The first kappa shape index (κ1) is 11.0. The molecule has 0 amide bonds. The summed E-state index contributed by atoms with van der Waals surface area (Å²) in [5, 5.41) is 0. The van der Waals surface area contributed by atoms with Gasteiger partial charge in [-0.2, -0.15) is 0 Å². The lowest BCUT2D eigenvalue weighted by Crippen LogP contribution is -2.37. The third-order valence-electron chi connectivity index (χ3n) is 1.26. The maximum absolute atomic E-state index is 10.1. The van der Waals surface area contributed by atoms with Crippen LogP contribution in [-0.2, 0) is 9.09 Å². The van der Waals surface area contributed by atoms with Crippen molar-refractivity contribution in [2.75, 3.05) is 34.7 Å². The zero-order chi connectivity index (χ0) is 8.85. The first-order valence-electron chi connectivity index (χ1n) is 3.37. The summed E-state index contributed by atoms with van der Waals surface area (Å²) in [5.74, 6) is 0. The molecule has 0 radical (unpaired) electrons. The van der Waals surface area contributed by atoms with E-state index in [0.717, 1.165) is 6.54 Å². The molecule has 0 aromatic rings. The Bertz CT molecular complexity index is 119. The molecule has 0 aliphatic heterocycles. The zero-order valence-corrected chi connectivity index (χ0v) is 8.34. The van der Waals surface area contributed by atoms with Crippen molar-refractivity contribution >= 4 is 8.69 Å². The number of likely N-dealkylation sites (N-methyl/N-ethyl adjacent to an activating group) is 2. The molecule has 0 rings (SSSR count). The standard InChI is InChI=1S/C6H15N2O2P/c1-7(2)5-6(8(3)4)10-11-9/h6H,5H2,1-4H3. The highest BCUT2D eigenvalue weighted by Gasteiger charge is 2.12. The van der Waals surface area contributed by atoms with Gasteiger partial charge in [-0.05, 0) is 28.2 Å². The highest BCUT2D eigenvalue weighted by Crippen LogP contribution is 2.05. The molecular weight excluding hydrogens is 163 g/mol. The molecule has 1 atom stereocenters. The number of rotatable bonds is 5. The van der Waals surface area contributed by atoms with E-state index < -0.39 is 0 Å². The minimum absolute atomic E-state index is 0.107. The summed E-state index contributed by atoms with van der Waals surface area (Å²) in [7, 11) is 7.41. The van der Waals surface area contributed by atoms with Gasteiger partial charge in [0.25, 0.3) is 0 Å². The lowest BCUT2D eigenvalue weighted by atomic mass is 10.5. The second-order valence-electron chi connectivity index (χ2n) is 2.86. The van der Waals surface area contributed by atoms with E-state index in [-0.39, 0.29) is 14.9 Å². The maximum Gasteiger partial charge on any atom is 0.329 e. The SMILES string of the molecule is CN(C)CC(OP=O)N(C)C. The van der Waals surface area contributed by atoms with Gasteiger partial charge in [0, 0.05) is 6.54 Å². The van der Waals surface area contributed by atoms with Crippen molar-refractivity contribution < 1.29 is 9.09 Å². The van der Waals surface area contributed by atoms with Gasteiger partial charge in [-0.25, -0.2) is 4.57 Å². The molecule has 0 aliphatic carbocycles. The lowest BCUT2D eigenvalue weighted by Gasteiger charge is -2.23. The van der Waals surface area contributed by atoms with E-state index in [4.69, 9.17) is 4.52 Å². The molecule has 11 heavy (non-hydrogen) atoms. The average Bonchev–Trinajstić information content (AvgIpc) is 1.86. The van der Waals surface area contributed by atoms with Crippen LogP contribution in [0.25, 0.3) is 0 Å². The van der Waals surface area contributed by atoms with Crippen LogP contribution in [0.15, 0.2) is 0 Å². The Morgan fingerprint density at radius 2 is 1.91 bits per heavy atom. The topological polar surface area (TPSA) is 32.8 Å². The van der Waals surface area contributed by atoms with Gasteiger partial charge in [0.1, 0.15) is 6.23 Å². The van der Waals surface area contributed by atoms with Gasteiger partial charge in [0.05, 0.1) is 0 Å². The number of hydrogen-bond donors (Lipinski definition) is 0. The fraction of sp³-hybridized carbons (Fsp3) is 1.00. The highest BCUT2D eigenvalue weighted by atomic mass is 31.1. The molecule has 0 spiro atoms. The van der Waals surface area contributed by atoms with Crippen LogP contribution in [0, 0.1) is 0 Å². The lowest BCUT2D eigenvalue weighted by molar-refractivity contribution is 0.0529. The van der Waals surface area contributed by atoms with Crippen molar-refractivity contribution in [3.63, 3.8) is 0 Å². The molecule has 0 aliphatic rings. The predicted octanol–water partition coefficient (Wildman–Crippen LogP) is 0.659. The largest absolute Gasteiger partial charge is 0.329 e.